The minimum atomic E-state index is -0.441. The summed E-state index contributed by atoms with van der Waals surface area (Å²) < 4.78 is 0. The Balaban J connectivity index is 2.05. The fourth-order valence-corrected chi connectivity index (χ4v) is 2.16. The molecule has 15 heavy (non-hydrogen) atoms. The van der Waals surface area contributed by atoms with Crippen molar-refractivity contribution in [3.05, 3.63) is 0 Å². The first-order chi connectivity index (χ1) is 7.18. The molecule has 0 aromatic carbocycles. The highest BCUT2D eigenvalue weighted by atomic mass is 16.3. The smallest absolute Gasteiger partial charge is 0.220 e. The van der Waals surface area contributed by atoms with E-state index in [-0.39, 0.29) is 5.91 Å². The molecule has 0 unspecified atom stereocenters. The van der Waals surface area contributed by atoms with E-state index in [1.807, 2.05) is 0 Å². The minimum Gasteiger partial charge on any atom is -0.392 e. The molecule has 0 saturated heterocycles. The Hall–Kier alpha value is -0.570. The molecule has 1 aliphatic carbocycles. The van der Waals surface area contributed by atoms with Crippen LogP contribution in [0.15, 0.2) is 0 Å². The van der Waals surface area contributed by atoms with E-state index in [1.54, 1.807) is 6.92 Å². The molecule has 1 rings (SSSR count). The van der Waals surface area contributed by atoms with Crippen LogP contribution in [0.3, 0.4) is 0 Å². The van der Waals surface area contributed by atoms with Gasteiger partial charge in [0.25, 0.3) is 0 Å². The Morgan fingerprint density at radius 3 is 2.67 bits per heavy atom. The van der Waals surface area contributed by atoms with Crippen molar-refractivity contribution < 1.29 is 9.90 Å². The SMILES string of the molecule is C[C@@H](O)CNC(=O)CCC1CCCCC1. The van der Waals surface area contributed by atoms with Gasteiger partial charge in [-0.1, -0.05) is 32.1 Å². The van der Waals surface area contributed by atoms with Crippen molar-refractivity contribution in [2.45, 2.75) is 58.0 Å². The van der Waals surface area contributed by atoms with Crippen LogP contribution in [0.2, 0.25) is 0 Å². The first-order valence-electron chi connectivity index (χ1n) is 6.13. The summed E-state index contributed by atoms with van der Waals surface area (Å²) in [7, 11) is 0. The molecule has 0 aromatic heterocycles. The first kappa shape index (κ1) is 12.5. The van der Waals surface area contributed by atoms with Gasteiger partial charge in [-0.25, -0.2) is 0 Å². The van der Waals surface area contributed by atoms with Gasteiger partial charge in [-0.15, -0.1) is 0 Å². The number of carbonyl (C=O) groups excluding carboxylic acids is 1. The van der Waals surface area contributed by atoms with Gasteiger partial charge in [-0.05, 0) is 19.3 Å². The summed E-state index contributed by atoms with van der Waals surface area (Å²) in [5.74, 6) is 0.845. The van der Waals surface area contributed by atoms with Crippen molar-refractivity contribution in [1.29, 1.82) is 0 Å². The average molecular weight is 213 g/mol. The minimum absolute atomic E-state index is 0.0847. The molecule has 0 aliphatic heterocycles. The first-order valence-corrected chi connectivity index (χ1v) is 6.13. The van der Waals surface area contributed by atoms with Gasteiger partial charge in [0.2, 0.25) is 5.91 Å². The molecule has 1 amide bonds. The number of hydrogen-bond acceptors (Lipinski definition) is 2. The summed E-state index contributed by atoms with van der Waals surface area (Å²) in [5.41, 5.74) is 0. The van der Waals surface area contributed by atoms with Crippen LogP contribution in [0.1, 0.15) is 51.9 Å². The van der Waals surface area contributed by atoms with Crippen LogP contribution in [-0.2, 0) is 4.79 Å². The van der Waals surface area contributed by atoms with Crippen molar-refractivity contribution in [3.8, 4) is 0 Å². The second kappa shape index (κ2) is 6.83. The molecular weight excluding hydrogens is 190 g/mol. The van der Waals surface area contributed by atoms with Crippen molar-refractivity contribution in [2.75, 3.05) is 6.54 Å². The zero-order chi connectivity index (χ0) is 11.1. The molecule has 1 atom stereocenters. The van der Waals surface area contributed by atoms with E-state index in [0.717, 1.165) is 12.3 Å². The third-order valence-electron chi connectivity index (χ3n) is 3.10. The zero-order valence-electron chi connectivity index (χ0n) is 9.67. The van der Waals surface area contributed by atoms with Crippen LogP contribution in [0.25, 0.3) is 0 Å². The molecule has 0 bridgehead atoms. The maximum absolute atomic E-state index is 11.4. The lowest BCUT2D eigenvalue weighted by atomic mass is 9.86. The molecular formula is C12H23NO2. The van der Waals surface area contributed by atoms with Crippen molar-refractivity contribution >= 4 is 5.91 Å². The van der Waals surface area contributed by atoms with Crippen LogP contribution in [0, 0.1) is 5.92 Å². The van der Waals surface area contributed by atoms with Crippen LogP contribution >= 0.6 is 0 Å². The van der Waals surface area contributed by atoms with E-state index in [1.165, 1.54) is 32.1 Å². The predicted octanol–water partition coefficient (Wildman–Crippen LogP) is 1.84. The van der Waals surface area contributed by atoms with Crippen molar-refractivity contribution in [2.24, 2.45) is 5.92 Å². The second-order valence-electron chi connectivity index (χ2n) is 4.70. The number of aliphatic hydroxyl groups excluding tert-OH is 1. The number of aliphatic hydroxyl groups is 1. The van der Waals surface area contributed by atoms with Gasteiger partial charge >= 0.3 is 0 Å². The number of amides is 1. The monoisotopic (exact) mass is 213 g/mol. The largest absolute Gasteiger partial charge is 0.392 e. The molecule has 3 heteroatoms. The topological polar surface area (TPSA) is 49.3 Å². The summed E-state index contributed by atoms with van der Waals surface area (Å²) in [4.78, 5) is 11.4. The van der Waals surface area contributed by atoms with Crippen LogP contribution < -0.4 is 5.32 Å². The van der Waals surface area contributed by atoms with Crippen LogP contribution in [0.4, 0.5) is 0 Å². The Labute approximate surface area is 92.3 Å². The highest BCUT2D eigenvalue weighted by Gasteiger charge is 2.14. The van der Waals surface area contributed by atoms with Gasteiger partial charge in [-0.2, -0.15) is 0 Å². The third-order valence-corrected chi connectivity index (χ3v) is 3.10. The van der Waals surface area contributed by atoms with Gasteiger partial charge in [0.1, 0.15) is 0 Å². The van der Waals surface area contributed by atoms with Gasteiger partial charge in [0, 0.05) is 13.0 Å². The Kier molecular flexibility index (Phi) is 5.69. The molecule has 2 N–H and O–H groups in total. The lowest BCUT2D eigenvalue weighted by molar-refractivity contribution is -0.121. The second-order valence-corrected chi connectivity index (χ2v) is 4.70. The Bertz CT molecular complexity index is 186. The third kappa shape index (κ3) is 5.78. The van der Waals surface area contributed by atoms with Gasteiger partial charge in [0.05, 0.1) is 6.10 Å². The summed E-state index contributed by atoms with van der Waals surface area (Å²) in [6.45, 7) is 2.06. The molecule has 1 aliphatic rings. The van der Waals surface area contributed by atoms with Crippen LogP contribution in [0.5, 0.6) is 0 Å². The number of nitrogens with one attached hydrogen (secondary N) is 1. The van der Waals surface area contributed by atoms with Gasteiger partial charge in [0.15, 0.2) is 0 Å². The summed E-state index contributed by atoms with van der Waals surface area (Å²) in [6.07, 6.45) is 7.82. The molecule has 88 valence electrons. The number of rotatable bonds is 5. The zero-order valence-corrected chi connectivity index (χ0v) is 9.67. The van der Waals surface area contributed by atoms with E-state index in [9.17, 15) is 4.79 Å². The highest BCUT2D eigenvalue weighted by molar-refractivity contribution is 5.75. The fraction of sp³-hybridized carbons (Fsp3) is 0.917. The molecule has 0 radical (unpaired) electrons. The number of hydrogen-bond donors (Lipinski definition) is 2. The van der Waals surface area contributed by atoms with Gasteiger partial charge < -0.3 is 10.4 Å². The Morgan fingerprint density at radius 1 is 1.40 bits per heavy atom. The lowest BCUT2D eigenvalue weighted by Gasteiger charge is -2.21. The molecule has 0 heterocycles. The normalized spacial score (nSPS) is 19.9. The molecule has 3 nitrogen and oxygen atoms in total. The van der Waals surface area contributed by atoms with E-state index < -0.39 is 6.10 Å². The van der Waals surface area contributed by atoms with E-state index in [4.69, 9.17) is 5.11 Å². The average Bonchev–Trinajstić information content (AvgIpc) is 2.25. The van der Waals surface area contributed by atoms with E-state index in [2.05, 4.69) is 5.32 Å². The molecule has 1 saturated carbocycles. The fourth-order valence-electron chi connectivity index (χ4n) is 2.16. The van der Waals surface area contributed by atoms with E-state index >= 15 is 0 Å². The predicted molar refractivity (Wildman–Crippen MR) is 60.5 cm³/mol. The highest BCUT2D eigenvalue weighted by Crippen LogP contribution is 2.27. The standard InChI is InChI=1S/C12H23NO2/c1-10(14)9-13-12(15)8-7-11-5-3-2-4-6-11/h10-11,14H,2-9H2,1H3,(H,13,15)/t10-/m1/s1. The maximum Gasteiger partial charge on any atom is 0.220 e. The van der Waals surface area contributed by atoms with E-state index in [0.29, 0.717) is 13.0 Å². The molecule has 0 spiro atoms. The maximum atomic E-state index is 11.4. The number of carbonyl (C=O) groups is 1. The van der Waals surface area contributed by atoms with Crippen molar-refractivity contribution in [3.63, 3.8) is 0 Å². The molecule has 1 fully saturated rings. The van der Waals surface area contributed by atoms with Crippen LogP contribution in [-0.4, -0.2) is 23.7 Å². The van der Waals surface area contributed by atoms with Gasteiger partial charge in [-0.3, -0.25) is 4.79 Å². The molecule has 0 aromatic rings. The van der Waals surface area contributed by atoms with Crippen molar-refractivity contribution in [1.82, 2.24) is 5.32 Å². The lowest BCUT2D eigenvalue weighted by Crippen LogP contribution is -2.30. The summed E-state index contributed by atoms with van der Waals surface area (Å²) in [6, 6.07) is 0. The quantitative estimate of drug-likeness (QED) is 0.732. The Morgan fingerprint density at radius 2 is 2.07 bits per heavy atom. The summed E-state index contributed by atoms with van der Waals surface area (Å²) in [5, 5.41) is 11.7. The summed E-state index contributed by atoms with van der Waals surface area (Å²) >= 11 is 0.